The minimum Gasteiger partial charge on any atom is -0.497 e. The number of hydrazine groups is 1. The Labute approximate surface area is 156 Å². The van der Waals surface area contributed by atoms with Crippen LogP contribution in [0.4, 0.5) is 5.69 Å². The maximum atomic E-state index is 12.5. The van der Waals surface area contributed by atoms with Crippen LogP contribution in [-0.2, 0) is 0 Å². The second-order valence-corrected chi connectivity index (χ2v) is 5.69. The molecule has 0 unspecified atom stereocenters. The molecule has 2 aromatic carbocycles. The molecule has 0 radical (unpaired) electrons. The Balaban J connectivity index is 1.61. The first-order chi connectivity index (χ1) is 12.7. The molecule has 0 saturated carbocycles. The van der Waals surface area contributed by atoms with Crippen LogP contribution in [0.3, 0.4) is 0 Å². The van der Waals surface area contributed by atoms with Gasteiger partial charge in [-0.25, -0.2) is 0 Å². The zero-order chi connectivity index (χ0) is 18.4. The molecule has 0 saturated heterocycles. The van der Waals surface area contributed by atoms with Gasteiger partial charge >= 0.3 is 0 Å². The molecular weight excluding hydrogens is 350 g/mol. The highest BCUT2D eigenvalue weighted by molar-refractivity contribution is 7.80. The highest BCUT2D eigenvalue weighted by Gasteiger charge is 2.14. The fraction of sp³-hybridized carbons (Fsp3) is 0.0526. The lowest BCUT2D eigenvalue weighted by Crippen LogP contribution is -2.43. The third kappa shape index (κ3) is 4.20. The van der Waals surface area contributed by atoms with Crippen LogP contribution in [0, 0.1) is 0 Å². The Hall–Kier alpha value is -3.32. The number of carbonyl (C=O) groups excluding carboxylic acids is 1. The predicted molar refractivity (Wildman–Crippen MR) is 104 cm³/mol. The molecule has 3 N–H and O–H groups in total. The summed E-state index contributed by atoms with van der Waals surface area (Å²) in [6, 6.07) is 18.0. The van der Waals surface area contributed by atoms with E-state index in [0.29, 0.717) is 16.9 Å². The standard InChI is InChI=1S/C19H17N3O3S/c1-24-14-10-8-13(9-11-14)20-19(26)22-21-18(23)16-6-3-2-5-15(16)17-7-4-12-25-17/h2-12H,1H3,(H,21,23)(H2,20,22,26). The fourth-order valence-corrected chi connectivity index (χ4v) is 2.51. The third-order valence-corrected chi connectivity index (χ3v) is 3.80. The third-order valence-electron chi connectivity index (χ3n) is 3.60. The zero-order valence-corrected chi connectivity index (χ0v) is 14.8. The number of ether oxygens (including phenoxy) is 1. The largest absolute Gasteiger partial charge is 0.497 e. The average Bonchev–Trinajstić information content (AvgIpc) is 3.21. The molecule has 1 heterocycles. The van der Waals surface area contributed by atoms with Crippen LogP contribution in [0.2, 0.25) is 0 Å². The minimum atomic E-state index is -0.323. The Morgan fingerprint density at radius 3 is 2.46 bits per heavy atom. The quantitative estimate of drug-likeness (QED) is 0.483. The summed E-state index contributed by atoms with van der Waals surface area (Å²) in [7, 11) is 1.60. The van der Waals surface area contributed by atoms with Crippen molar-refractivity contribution in [2.75, 3.05) is 12.4 Å². The lowest BCUT2D eigenvalue weighted by atomic mass is 10.1. The van der Waals surface area contributed by atoms with Gasteiger partial charge in [0.2, 0.25) is 0 Å². The second-order valence-electron chi connectivity index (χ2n) is 5.28. The summed E-state index contributed by atoms with van der Waals surface area (Å²) in [5.74, 6) is 1.04. The maximum absolute atomic E-state index is 12.5. The Bertz CT molecular complexity index is 893. The number of methoxy groups -OCH3 is 1. The molecule has 1 amide bonds. The van der Waals surface area contributed by atoms with Crippen molar-refractivity contribution in [1.82, 2.24) is 10.9 Å². The van der Waals surface area contributed by atoms with Crippen LogP contribution in [0.15, 0.2) is 71.3 Å². The zero-order valence-electron chi connectivity index (χ0n) is 14.0. The molecule has 6 nitrogen and oxygen atoms in total. The van der Waals surface area contributed by atoms with E-state index in [-0.39, 0.29) is 11.0 Å². The summed E-state index contributed by atoms with van der Waals surface area (Å²) in [5.41, 5.74) is 7.22. The van der Waals surface area contributed by atoms with Crippen molar-refractivity contribution in [2.45, 2.75) is 0 Å². The van der Waals surface area contributed by atoms with E-state index in [1.165, 1.54) is 0 Å². The van der Waals surface area contributed by atoms with Crippen molar-refractivity contribution in [3.8, 4) is 17.1 Å². The van der Waals surface area contributed by atoms with Crippen LogP contribution in [0.5, 0.6) is 5.75 Å². The van der Waals surface area contributed by atoms with E-state index in [4.69, 9.17) is 21.4 Å². The van der Waals surface area contributed by atoms with Gasteiger partial charge in [-0.15, -0.1) is 0 Å². The van der Waals surface area contributed by atoms with Crippen molar-refractivity contribution in [2.24, 2.45) is 0 Å². The lowest BCUT2D eigenvalue weighted by Gasteiger charge is -2.13. The van der Waals surface area contributed by atoms with E-state index in [9.17, 15) is 4.79 Å². The highest BCUT2D eigenvalue weighted by Crippen LogP contribution is 2.23. The van der Waals surface area contributed by atoms with Gasteiger partial charge in [0.25, 0.3) is 5.91 Å². The molecule has 3 rings (SSSR count). The number of carbonyl (C=O) groups is 1. The summed E-state index contributed by atoms with van der Waals surface area (Å²) in [5, 5.41) is 3.24. The van der Waals surface area contributed by atoms with Gasteiger partial charge in [0.15, 0.2) is 5.11 Å². The number of hydrogen-bond donors (Lipinski definition) is 3. The smallest absolute Gasteiger partial charge is 0.270 e. The normalized spacial score (nSPS) is 10.0. The van der Waals surface area contributed by atoms with Crippen LogP contribution in [0.25, 0.3) is 11.3 Å². The maximum Gasteiger partial charge on any atom is 0.270 e. The Morgan fingerprint density at radius 2 is 1.77 bits per heavy atom. The molecule has 26 heavy (non-hydrogen) atoms. The van der Waals surface area contributed by atoms with Crippen LogP contribution in [0.1, 0.15) is 10.4 Å². The molecule has 0 bridgehead atoms. The first-order valence-electron chi connectivity index (χ1n) is 7.81. The van der Waals surface area contributed by atoms with E-state index in [0.717, 1.165) is 11.4 Å². The highest BCUT2D eigenvalue weighted by atomic mass is 32.1. The summed E-state index contributed by atoms with van der Waals surface area (Å²) >= 11 is 5.19. The summed E-state index contributed by atoms with van der Waals surface area (Å²) in [6.45, 7) is 0. The van der Waals surface area contributed by atoms with Gasteiger partial charge in [-0.05, 0) is 54.7 Å². The molecule has 0 aliphatic rings. The first-order valence-corrected chi connectivity index (χ1v) is 8.22. The van der Waals surface area contributed by atoms with E-state index in [1.807, 2.05) is 36.4 Å². The number of benzene rings is 2. The van der Waals surface area contributed by atoms with Crippen LogP contribution < -0.4 is 20.9 Å². The summed E-state index contributed by atoms with van der Waals surface area (Å²) in [6.07, 6.45) is 1.57. The van der Waals surface area contributed by atoms with Gasteiger partial charge in [-0.3, -0.25) is 15.6 Å². The molecule has 3 aromatic rings. The number of amides is 1. The SMILES string of the molecule is COc1ccc(NC(=S)NNC(=O)c2ccccc2-c2ccco2)cc1. The van der Waals surface area contributed by atoms with Gasteiger partial charge in [-0.2, -0.15) is 0 Å². The predicted octanol–water partition coefficient (Wildman–Crippen LogP) is 3.59. The van der Waals surface area contributed by atoms with Crippen molar-refractivity contribution in [3.63, 3.8) is 0 Å². The monoisotopic (exact) mass is 367 g/mol. The molecule has 7 heteroatoms. The van der Waals surface area contributed by atoms with Gasteiger partial charge in [0.05, 0.1) is 18.9 Å². The molecule has 0 atom stereocenters. The molecule has 0 fully saturated rings. The van der Waals surface area contributed by atoms with Gasteiger partial charge in [0, 0.05) is 11.3 Å². The van der Waals surface area contributed by atoms with Crippen molar-refractivity contribution >= 4 is 28.9 Å². The molecule has 1 aromatic heterocycles. The Kier molecular flexibility index (Phi) is 5.50. The minimum absolute atomic E-state index is 0.263. The number of thiocarbonyl (C=S) groups is 1. The summed E-state index contributed by atoms with van der Waals surface area (Å²) < 4.78 is 10.5. The van der Waals surface area contributed by atoms with Gasteiger partial charge < -0.3 is 14.5 Å². The lowest BCUT2D eigenvalue weighted by molar-refractivity contribution is 0.0944. The fourth-order valence-electron chi connectivity index (χ4n) is 2.35. The first kappa shape index (κ1) is 17.5. The van der Waals surface area contributed by atoms with Crippen molar-refractivity contribution in [1.29, 1.82) is 0 Å². The number of hydrogen-bond acceptors (Lipinski definition) is 4. The van der Waals surface area contributed by atoms with Crippen molar-refractivity contribution < 1.29 is 13.9 Å². The molecule has 0 spiro atoms. The van der Waals surface area contributed by atoms with E-state index >= 15 is 0 Å². The molecule has 0 aliphatic heterocycles. The Morgan fingerprint density at radius 1 is 1.00 bits per heavy atom. The second kappa shape index (κ2) is 8.17. The van der Waals surface area contributed by atoms with E-state index in [1.54, 1.807) is 37.6 Å². The topological polar surface area (TPSA) is 75.5 Å². The number of nitrogens with one attached hydrogen (secondary N) is 3. The van der Waals surface area contributed by atoms with Gasteiger partial charge in [0.1, 0.15) is 11.5 Å². The van der Waals surface area contributed by atoms with Crippen LogP contribution >= 0.6 is 12.2 Å². The number of anilines is 1. The molecular formula is C19H17N3O3S. The van der Waals surface area contributed by atoms with Gasteiger partial charge in [-0.1, -0.05) is 18.2 Å². The van der Waals surface area contributed by atoms with E-state index in [2.05, 4.69) is 16.2 Å². The van der Waals surface area contributed by atoms with Crippen molar-refractivity contribution in [3.05, 3.63) is 72.5 Å². The molecule has 132 valence electrons. The molecule has 0 aliphatic carbocycles. The van der Waals surface area contributed by atoms with Crippen LogP contribution in [-0.4, -0.2) is 18.1 Å². The number of furan rings is 1. The van der Waals surface area contributed by atoms with E-state index < -0.39 is 0 Å². The number of rotatable bonds is 4. The summed E-state index contributed by atoms with van der Waals surface area (Å²) in [4.78, 5) is 12.5. The average molecular weight is 367 g/mol.